The number of rotatable bonds is 9. The van der Waals surface area contributed by atoms with E-state index >= 15 is 0 Å². The summed E-state index contributed by atoms with van der Waals surface area (Å²) in [5, 5.41) is 0. The molecule has 0 aliphatic heterocycles. The van der Waals surface area contributed by atoms with E-state index in [0.29, 0.717) is 0 Å². The van der Waals surface area contributed by atoms with Crippen molar-refractivity contribution < 1.29 is 0 Å². The van der Waals surface area contributed by atoms with Crippen LogP contribution in [-0.4, -0.2) is 14.8 Å². The highest BCUT2D eigenvalue weighted by atomic mass is 35.6. The van der Waals surface area contributed by atoms with Gasteiger partial charge in [-0.2, -0.15) is 22.2 Å². The van der Waals surface area contributed by atoms with E-state index in [1.54, 1.807) is 6.42 Å². The first-order chi connectivity index (χ1) is 21.7. The molecule has 6 saturated carbocycles. The van der Waals surface area contributed by atoms with E-state index in [1.807, 2.05) is 0 Å². The molecule has 0 aromatic heterocycles. The predicted molar refractivity (Wildman–Crippen MR) is 215 cm³/mol. The molecule has 0 aromatic carbocycles. The third-order valence-electron chi connectivity index (χ3n) is 15.2. The molecule has 16 atom stereocenters. The summed E-state index contributed by atoms with van der Waals surface area (Å²) >= 11 is 12.9. The van der Waals surface area contributed by atoms with E-state index in [-0.39, 0.29) is 7.43 Å². The van der Waals surface area contributed by atoms with Crippen LogP contribution in [0.3, 0.4) is 0 Å². The van der Waals surface area contributed by atoms with Gasteiger partial charge in [0.2, 0.25) is 0 Å². The van der Waals surface area contributed by atoms with Crippen LogP contribution < -0.4 is 0 Å². The van der Waals surface area contributed by atoms with Crippen molar-refractivity contribution in [3.05, 3.63) is 49.6 Å². The molecule has 266 valence electrons. The maximum atomic E-state index is 6.61. The highest BCUT2D eigenvalue weighted by Gasteiger charge is 2.59. The van der Waals surface area contributed by atoms with Crippen molar-refractivity contribution in [2.75, 3.05) is 0 Å². The molecule has 8 aliphatic rings. The standard InChI is InChI=1S/C22H37ClSi.C11H19ClSi.C9H12.CH4/c1-6-15-9-17-11-20(15)22(13(17)2)21-14(3)19-12-18(21)10-16(19)7-8-24(4,5)23;1-13(2,12)6-5-11-8-9-3-4-10(11)7-9;1-2-8-5-7-3-4-9(8)6-7;/h6,13-22H,1,7-12H2,2-5H3;3-4,9-11H,5-8H2,1-2H3;2-4,7-9H,1,5-6H2;1H4. The zero-order valence-corrected chi connectivity index (χ0v) is 33.9. The normalized spacial score (nSPS) is 46.2. The Labute approximate surface area is 303 Å². The van der Waals surface area contributed by atoms with Crippen LogP contribution >= 0.6 is 22.2 Å². The molecule has 8 rings (SSSR count). The van der Waals surface area contributed by atoms with Crippen LogP contribution in [0, 0.1) is 94.7 Å². The van der Waals surface area contributed by atoms with E-state index in [9.17, 15) is 0 Å². The third-order valence-corrected chi connectivity index (χ3v) is 19.3. The summed E-state index contributed by atoms with van der Waals surface area (Å²) in [6.07, 6.45) is 28.5. The van der Waals surface area contributed by atoms with Crippen LogP contribution in [0.25, 0.3) is 0 Å². The molecule has 0 saturated heterocycles. The summed E-state index contributed by atoms with van der Waals surface area (Å²) in [6.45, 7) is 22.4. The van der Waals surface area contributed by atoms with Crippen LogP contribution in [-0.2, 0) is 0 Å². The SMILES string of the molecule is C.C=CC1CC2C=CC1C2.C=CC1CC2CC1C(C1C3CC(CC[Si](C)(C)Cl)C(C3)C1C)C2C.C[Si](C)(Cl)CCC1CC2C=CC1C2. The first-order valence-electron chi connectivity index (χ1n) is 19.7. The minimum atomic E-state index is -1.39. The molecule has 0 amide bonds. The lowest BCUT2D eigenvalue weighted by Gasteiger charge is -2.44. The molecule has 16 unspecified atom stereocenters. The van der Waals surface area contributed by atoms with E-state index in [4.69, 9.17) is 22.2 Å². The first-order valence-corrected chi connectivity index (χ1v) is 28.2. The summed E-state index contributed by atoms with van der Waals surface area (Å²) in [5.74, 6) is 15.2. The van der Waals surface area contributed by atoms with Gasteiger partial charge in [-0.15, -0.1) is 13.2 Å². The van der Waals surface area contributed by atoms with Crippen LogP contribution in [0.4, 0.5) is 0 Å². The van der Waals surface area contributed by atoms with Crippen LogP contribution in [0.2, 0.25) is 38.3 Å². The summed E-state index contributed by atoms with van der Waals surface area (Å²) in [4.78, 5) is 0. The van der Waals surface area contributed by atoms with Gasteiger partial charge in [-0.05, 0) is 158 Å². The minimum Gasteiger partial charge on any atom is -0.168 e. The van der Waals surface area contributed by atoms with E-state index < -0.39 is 14.8 Å². The molecule has 0 spiro atoms. The summed E-state index contributed by atoms with van der Waals surface area (Å²) in [6, 6.07) is 2.62. The van der Waals surface area contributed by atoms with E-state index in [2.05, 4.69) is 89.6 Å². The lowest BCUT2D eigenvalue weighted by molar-refractivity contribution is 0.0447. The topological polar surface area (TPSA) is 0 Å². The maximum absolute atomic E-state index is 6.61. The van der Waals surface area contributed by atoms with Gasteiger partial charge in [-0.1, -0.05) is 96.8 Å². The average molecular weight is 716 g/mol. The molecule has 0 heterocycles. The lowest BCUT2D eigenvalue weighted by atomic mass is 9.61. The van der Waals surface area contributed by atoms with Gasteiger partial charge in [0.05, 0.1) is 0 Å². The second-order valence-corrected chi connectivity index (χ2v) is 33.1. The molecule has 0 aromatic rings. The second kappa shape index (κ2) is 15.3. The van der Waals surface area contributed by atoms with Gasteiger partial charge in [0, 0.05) is 0 Å². The van der Waals surface area contributed by atoms with Gasteiger partial charge in [0.15, 0.2) is 14.8 Å². The van der Waals surface area contributed by atoms with Gasteiger partial charge in [-0.25, -0.2) is 0 Å². The Morgan fingerprint density at radius 2 is 1.17 bits per heavy atom. The minimum absolute atomic E-state index is 0. The Hall–Kier alpha value is -0.0262. The third kappa shape index (κ3) is 8.55. The Bertz CT molecular complexity index is 1130. The van der Waals surface area contributed by atoms with Gasteiger partial charge in [0.25, 0.3) is 0 Å². The lowest BCUT2D eigenvalue weighted by Crippen LogP contribution is -2.39. The van der Waals surface area contributed by atoms with Crippen molar-refractivity contribution in [2.24, 2.45) is 94.7 Å². The Morgan fingerprint density at radius 1 is 0.596 bits per heavy atom. The summed E-state index contributed by atoms with van der Waals surface area (Å²) in [5.41, 5.74) is 0. The molecule has 6 fully saturated rings. The van der Waals surface area contributed by atoms with Gasteiger partial charge < -0.3 is 0 Å². The Kier molecular flexibility index (Phi) is 12.4. The van der Waals surface area contributed by atoms with Crippen molar-refractivity contribution in [3.63, 3.8) is 0 Å². The smallest absolute Gasteiger partial charge is 0.150 e. The van der Waals surface area contributed by atoms with Crippen LogP contribution in [0.15, 0.2) is 49.6 Å². The number of hydrogen-bond donors (Lipinski definition) is 0. The monoisotopic (exact) mass is 714 g/mol. The molecular formula is C43H72Cl2Si2. The van der Waals surface area contributed by atoms with Gasteiger partial charge in [0.1, 0.15) is 0 Å². The summed E-state index contributed by atoms with van der Waals surface area (Å²) < 4.78 is 0. The molecule has 47 heavy (non-hydrogen) atoms. The molecule has 0 nitrogen and oxygen atoms in total. The van der Waals surface area contributed by atoms with Crippen molar-refractivity contribution in [2.45, 2.75) is 124 Å². The fourth-order valence-electron chi connectivity index (χ4n) is 12.9. The van der Waals surface area contributed by atoms with Crippen molar-refractivity contribution in [3.8, 4) is 0 Å². The van der Waals surface area contributed by atoms with Crippen molar-refractivity contribution in [1.29, 1.82) is 0 Å². The van der Waals surface area contributed by atoms with Crippen LogP contribution in [0.1, 0.15) is 85.5 Å². The molecular weight excluding hydrogens is 644 g/mol. The zero-order valence-electron chi connectivity index (χ0n) is 30.4. The number of fused-ring (bicyclic) bond motifs is 8. The number of allylic oxidation sites excluding steroid dienone is 6. The van der Waals surface area contributed by atoms with Crippen LogP contribution in [0.5, 0.6) is 0 Å². The van der Waals surface area contributed by atoms with Crippen molar-refractivity contribution in [1.82, 2.24) is 0 Å². The largest absolute Gasteiger partial charge is 0.168 e. The predicted octanol–water partition coefficient (Wildman–Crippen LogP) is 13.9. The highest BCUT2D eigenvalue weighted by molar-refractivity contribution is 7.19. The molecule has 8 aliphatic carbocycles. The fourth-order valence-corrected chi connectivity index (χ4v) is 15.6. The van der Waals surface area contributed by atoms with E-state index in [1.165, 1.54) is 69.9 Å². The highest BCUT2D eigenvalue weighted by Crippen LogP contribution is 2.66. The molecule has 8 bridgehead atoms. The van der Waals surface area contributed by atoms with E-state index in [0.717, 1.165) is 94.7 Å². The van der Waals surface area contributed by atoms with Gasteiger partial charge in [-0.3, -0.25) is 0 Å². The van der Waals surface area contributed by atoms with Gasteiger partial charge >= 0.3 is 0 Å². The fraction of sp³-hybridized carbons (Fsp3) is 0.814. The Morgan fingerprint density at radius 3 is 1.62 bits per heavy atom. The number of hydrogen-bond acceptors (Lipinski definition) is 0. The Balaban J connectivity index is 0.000000157. The zero-order chi connectivity index (χ0) is 33.0. The molecule has 0 radical (unpaired) electrons. The maximum Gasteiger partial charge on any atom is 0.150 e. The van der Waals surface area contributed by atoms with Crippen molar-refractivity contribution >= 4 is 36.9 Å². The average Bonchev–Trinajstić information content (AvgIpc) is 3.85. The summed E-state index contributed by atoms with van der Waals surface area (Å²) in [7, 11) is -2.70. The number of halogens is 2. The quantitative estimate of drug-likeness (QED) is 0.127. The molecule has 0 N–H and O–H groups in total. The first kappa shape index (κ1) is 38.2. The second-order valence-electron chi connectivity index (χ2n) is 19.1. The molecule has 4 heteroatoms.